The monoisotopic (exact) mass is 235 g/mol. The molecule has 3 rings (SSSR count). The van der Waals surface area contributed by atoms with E-state index >= 15 is 0 Å². The first-order valence-corrected chi connectivity index (χ1v) is 6.28. The number of aryl methyl sites for hydroxylation is 1. The van der Waals surface area contributed by atoms with Crippen LogP contribution >= 0.6 is 11.3 Å². The first kappa shape index (κ1) is 9.99. The average molecular weight is 235 g/mol. The fourth-order valence-corrected chi connectivity index (χ4v) is 2.72. The Labute approximate surface area is 97.7 Å². The van der Waals surface area contributed by atoms with Gasteiger partial charge in [0, 0.05) is 4.88 Å². The number of hydrogen-bond acceptors (Lipinski definition) is 5. The van der Waals surface area contributed by atoms with Gasteiger partial charge in [-0.2, -0.15) is 4.98 Å². The number of rotatable bonds is 2. The molecule has 5 heteroatoms. The molecular formula is C11H13N3OS. The molecule has 0 amide bonds. The minimum Gasteiger partial charge on any atom is -0.333 e. The number of aromatic nitrogens is 2. The second-order valence-electron chi connectivity index (χ2n) is 4.02. The van der Waals surface area contributed by atoms with E-state index in [4.69, 9.17) is 4.52 Å². The minimum atomic E-state index is 0.276. The van der Waals surface area contributed by atoms with Crippen LogP contribution < -0.4 is 5.32 Å². The second kappa shape index (κ2) is 3.99. The first-order valence-electron chi connectivity index (χ1n) is 5.47. The Morgan fingerprint density at radius 3 is 3.12 bits per heavy atom. The Bertz CT molecular complexity index is 485. The summed E-state index contributed by atoms with van der Waals surface area (Å²) in [6.45, 7) is 3.12. The van der Waals surface area contributed by atoms with E-state index in [9.17, 15) is 0 Å². The van der Waals surface area contributed by atoms with Crippen LogP contribution in [0.5, 0.6) is 0 Å². The summed E-state index contributed by atoms with van der Waals surface area (Å²) in [5, 5.41) is 7.40. The minimum absolute atomic E-state index is 0.276. The van der Waals surface area contributed by atoms with Gasteiger partial charge >= 0.3 is 0 Å². The zero-order chi connectivity index (χ0) is 11.0. The molecule has 1 aliphatic heterocycles. The molecule has 2 aromatic heterocycles. The third-order valence-corrected chi connectivity index (χ3v) is 3.75. The van der Waals surface area contributed by atoms with Crippen molar-refractivity contribution in [3.63, 3.8) is 0 Å². The van der Waals surface area contributed by atoms with E-state index in [1.54, 1.807) is 11.3 Å². The van der Waals surface area contributed by atoms with Crippen molar-refractivity contribution in [1.82, 2.24) is 15.5 Å². The molecule has 1 aliphatic rings. The third-order valence-electron chi connectivity index (χ3n) is 2.76. The van der Waals surface area contributed by atoms with Crippen molar-refractivity contribution in [3.8, 4) is 10.8 Å². The molecule has 0 radical (unpaired) electrons. The smallest absolute Gasteiger partial charge is 0.268 e. The summed E-state index contributed by atoms with van der Waals surface area (Å²) >= 11 is 1.68. The lowest BCUT2D eigenvalue weighted by Crippen LogP contribution is -2.14. The fourth-order valence-electron chi connectivity index (χ4n) is 1.93. The zero-order valence-electron chi connectivity index (χ0n) is 9.06. The van der Waals surface area contributed by atoms with E-state index < -0.39 is 0 Å². The molecule has 1 atom stereocenters. The molecule has 0 spiro atoms. The maximum absolute atomic E-state index is 5.29. The van der Waals surface area contributed by atoms with Gasteiger partial charge in [-0.3, -0.25) is 0 Å². The molecule has 0 aromatic carbocycles. The van der Waals surface area contributed by atoms with Crippen molar-refractivity contribution in [2.45, 2.75) is 25.8 Å². The average Bonchev–Trinajstić information content (AvgIpc) is 2.97. The van der Waals surface area contributed by atoms with Crippen LogP contribution in [0.4, 0.5) is 0 Å². The van der Waals surface area contributed by atoms with Crippen molar-refractivity contribution in [1.29, 1.82) is 0 Å². The van der Waals surface area contributed by atoms with Crippen LogP contribution in [0.1, 0.15) is 29.6 Å². The molecule has 0 bridgehead atoms. The van der Waals surface area contributed by atoms with Gasteiger partial charge in [0.1, 0.15) is 0 Å². The van der Waals surface area contributed by atoms with Crippen molar-refractivity contribution < 1.29 is 4.52 Å². The van der Waals surface area contributed by atoms with Crippen LogP contribution in [0.15, 0.2) is 16.7 Å². The lowest BCUT2D eigenvalue weighted by molar-refractivity contribution is 0.413. The van der Waals surface area contributed by atoms with Gasteiger partial charge < -0.3 is 9.84 Å². The molecule has 1 unspecified atom stereocenters. The maximum atomic E-state index is 5.29. The number of nitrogens with one attached hydrogen (secondary N) is 1. The van der Waals surface area contributed by atoms with Crippen molar-refractivity contribution >= 4 is 11.3 Å². The maximum Gasteiger partial charge on any atom is 0.268 e. The summed E-state index contributed by atoms with van der Waals surface area (Å²) in [4.78, 5) is 6.75. The molecule has 1 N–H and O–H groups in total. The summed E-state index contributed by atoms with van der Waals surface area (Å²) in [5.74, 6) is 1.43. The molecule has 3 heterocycles. The van der Waals surface area contributed by atoms with Crippen LogP contribution in [0.25, 0.3) is 10.8 Å². The summed E-state index contributed by atoms with van der Waals surface area (Å²) in [7, 11) is 0. The van der Waals surface area contributed by atoms with Gasteiger partial charge in [-0.15, -0.1) is 11.3 Å². The van der Waals surface area contributed by atoms with Gasteiger partial charge in [0.05, 0.1) is 10.9 Å². The van der Waals surface area contributed by atoms with Crippen LogP contribution in [0.3, 0.4) is 0 Å². The molecule has 16 heavy (non-hydrogen) atoms. The van der Waals surface area contributed by atoms with E-state index in [1.165, 1.54) is 11.3 Å². The fraction of sp³-hybridized carbons (Fsp3) is 0.455. The van der Waals surface area contributed by atoms with E-state index in [0.29, 0.717) is 5.89 Å². The Morgan fingerprint density at radius 1 is 1.50 bits per heavy atom. The quantitative estimate of drug-likeness (QED) is 0.869. The largest absolute Gasteiger partial charge is 0.333 e. The predicted molar refractivity (Wildman–Crippen MR) is 62.3 cm³/mol. The number of thiophene rings is 1. The van der Waals surface area contributed by atoms with E-state index in [0.717, 1.165) is 23.7 Å². The van der Waals surface area contributed by atoms with Crippen LogP contribution in [0, 0.1) is 6.92 Å². The van der Waals surface area contributed by atoms with E-state index in [2.05, 4.69) is 28.4 Å². The van der Waals surface area contributed by atoms with Crippen LogP contribution in [-0.4, -0.2) is 16.7 Å². The highest BCUT2D eigenvalue weighted by Crippen LogP contribution is 2.28. The molecular weight excluding hydrogens is 222 g/mol. The lowest BCUT2D eigenvalue weighted by Gasteiger charge is -2.01. The molecule has 1 saturated heterocycles. The van der Waals surface area contributed by atoms with Gasteiger partial charge in [0.15, 0.2) is 5.82 Å². The second-order valence-corrected chi connectivity index (χ2v) is 5.30. The SMILES string of the molecule is Cc1ccc(-c2nc(C3CCCN3)no2)s1. The molecule has 4 nitrogen and oxygen atoms in total. The number of hydrogen-bond donors (Lipinski definition) is 1. The normalized spacial score (nSPS) is 20.4. The summed E-state index contributed by atoms with van der Waals surface area (Å²) in [6, 6.07) is 4.37. The van der Waals surface area contributed by atoms with Gasteiger partial charge in [0.25, 0.3) is 5.89 Å². The van der Waals surface area contributed by atoms with E-state index in [-0.39, 0.29) is 6.04 Å². The van der Waals surface area contributed by atoms with Crippen molar-refractivity contribution in [2.75, 3.05) is 6.54 Å². The van der Waals surface area contributed by atoms with Crippen LogP contribution in [0.2, 0.25) is 0 Å². The Balaban J connectivity index is 1.87. The van der Waals surface area contributed by atoms with Crippen LogP contribution in [-0.2, 0) is 0 Å². The predicted octanol–water partition coefficient (Wildman–Crippen LogP) is 2.53. The molecule has 84 valence electrons. The summed E-state index contributed by atoms with van der Waals surface area (Å²) in [6.07, 6.45) is 2.29. The Hall–Kier alpha value is -1.20. The topological polar surface area (TPSA) is 51.0 Å². The lowest BCUT2D eigenvalue weighted by atomic mass is 10.2. The van der Waals surface area contributed by atoms with Gasteiger partial charge in [0.2, 0.25) is 0 Å². The Morgan fingerprint density at radius 2 is 2.44 bits per heavy atom. The molecule has 2 aromatic rings. The summed E-state index contributed by atoms with van der Waals surface area (Å²) < 4.78 is 5.29. The van der Waals surface area contributed by atoms with Crippen molar-refractivity contribution in [2.24, 2.45) is 0 Å². The number of nitrogens with zero attached hydrogens (tertiary/aromatic N) is 2. The zero-order valence-corrected chi connectivity index (χ0v) is 9.88. The van der Waals surface area contributed by atoms with Gasteiger partial charge in [-0.1, -0.05) is 5.16 Å². The highest BCUT2D eigenvalue weighted by molar-refractivity contribution is 7.15. The van der Waals surface area contributed by atoms with Gasteiger partial charge in [-0.25, -0.2) is 0 Å². The Kier molecular flexibility index (Phi) is 2.49. The standard InChI is InChI=1S/C11H13N3OS/c1-7-4-5-9(16-7)11-13-10(14-15-11)8-3-2-6-12-8/h4-5,8,12H,2-3,6H2,1H3. The van der Waals surface area contributed by atoms with Crippen molar-refractivity contribution in [3.05, 3.63) is 22.8 Å². The first-order chi connectivity index (χ1) is 7.83. The summed E-state index contributed by atoms with van der Waals surface area (Å²) in [5.41, 5.74) is 0. The molecule has 0 aliphatic carbocycles. The van der Waals surface area contributed by atoms with Gasteiger partial charge in [-0.05, 0) is 38.4 Å². The van der Waals surface area contributed by atoms with E-state index in [1.807, 2.05) is 6.07 Å². The molecule has 1 fully saturated rings. The molecule has 0 saturated carbocycles. The highest BCUT2D eigenvalue weighted by Gasteiger charge is 2.22. The highest BCUT2D eigenvalue weighted by atomic mass is 32.1. The third kappa shape index (κ3) is 1.76.